The molecule has 1 saturated heterocycles. The van der Waals surface area contributed by atoms with Gasteiger partial charge in [-0.25, -0.2) is 8.78 Å². The van der Waals surface area contributed by atoms with E-state index in [0.717, 1.165) is 31.3 Å². The molecular formula is C12H15ClF2N2O. The molecule has 2 rings (SSSR count). The van der Waals surface area contributed by atoms with Gasteiger partial charge in [0.2, 0.25) is 5.91 Å². The standard InChI is InChI=1S/C12H14F2N2O.ClH/c13-10-1-2-11(14)9(3-10)4-12(17)16-7-8-5-15-6-8;/h1-3,8,15H,4-7H2,(H,16,17);1H. The van der Waals surface area contributed by atoms with Crippen LogP contribution in [-0.2, 0) is 11.2 Å². The Morgan fingerprint density at radius 1 is 1.39 bits per heavy atom. The predicted octanol–water partition coefficient (Wildman–Crippen LogP) is 1.26. The van der Waals surface area contributed by atoms with Crippen molar-refractivity contribution in [1.82, 2.24) is 10.6 Å². The SMILES string of the molecule is Cl.O=C(Cc1cc(F)ccc1F)NCC1CNC1. The van der Waals surface area contributed by atoms with Gasteiger partial charge in [0.1, 0.15) is 11.6 Å². The first-order valence-corrected chi connectivity index (χ1v) is 5.56. The maximum atomic E-state index is 13.2. The third-order valence-electron chi connectivity index (χ3n) is 2.81. The van der Waals surface area contributed by atoms with Gasteiger partial charge in [0.15, 0.2) is 0 Å². The molecule has 18 heavy (non-hydrogen) atoms. The van der Waals surface area contributed by atoms with Crippen molar-refractivity contribution in [3.63, 3.8) is 0 Å². The van der Waals surface area contributed by atoms with Crippen LogP contribution < -0.4 is 10.6 Å². The van der Waals surface area contributed by atoms with Crippen LogP contribution >= 0.6 is 12.4 Å². The highest BCUT2D eigenvalue weighted by atomic mass is 35.5. The van der Waals surface area contributed by atoms with E-state index >= 15 is 0 Å². The van der Waals surface area contributed by atoms with Gasteiger partial charge in [0, 0.05) is 31.1 Å². The van der Waals surface area contributed by atoms with Gasteiger partial charge in [-0.05, 0) is 18.2 Å². The Morgan fingerprint density at radius 2 is 2.11 bits per heavy atom. The molecule has 1 amide bonds. The van der Waals surface area contributed by atoms with Crippen molar-refractivity contribution in [2.45, 2.75) is 6.42 Å². The van der Waals surface area contributed by atoms with Crippen LogP contribution in [0.4, 0.5) is 8.78 Å². The minimum absolute atomic E-state index is 0. The van der Waals surface area contributed by atoms with Crippen LogP contribution in [0.1, 0.15) is 5.56 Å². The van der Waals surface area contributed by atoms with Crippen LogP contribution in [0.5, 0.6) is 0 Å². The smallest absolute Gasteiger partial charge is 0.224 e. The number of hydrogen-bond acceptors (Lipinski definition) is 2. The first-order chi connectivity index (χ1) is 8.15. The number of carbonyl (C=O) groups is 1. The quantitative estimate of drug-likeness (QED) is 0.869. The van der Waals surface area contributed by atoms with E-state index in [-0.39, 0.29) is 30.3 Å². The molecule has 0 aromatic heterocycles. The third-order valence-corrected chi connectivity index (χ3v) is 2.81. The van der Waals surface area contributed by atoms with Gasteiger partial charge in [-0.3, -0.25) is 4.79 Å². The zero-order valence-electron chi connectivity index (χ0n) is 9.71. The summed E-state index contributed by atoms with van der Waals surface area (Å²) in [7, 11) is 0. The van der Waals surface area contributed by atoms with Crippen LogP contribution in [0.15, 0.2) is 18.2 Å². The number of carbonyl (C=O) groups excluding carboxylic acids is 1. The van der Waals surface area contributed by atoms with Gasteiger partial charge >= 0.3 is 0 Å². The maximum absolute atomic E-state index is 13.2. The number of hydrogen-bond donors (Lipinski definition) is 2. The van der Waals surface area contributed by atoms with Crippen LogP contribution in [0.2, 0.25) is 0 Å². The number of nitrogens with one attached hydrogen (secondary N) is 2. The Labute approximate surface area is 110 Å². The van der Waals surface area contributed by atoms with Gasteiger partial charge in [-0.1, -0.05) is 0 Å². The molecule has 0 aliphatic carbocycles. The van der Waals surface area contributed by atoms with Crippen molar-refractivity contribution in [3.05, 3.63) is 35.4 Å². The van der Waals surface area contributed by atoms with Gasteiger partial charge in [-0.15, -0.1) is 12.4 Å². The van der Waals surface area contributed by atoms with E-state index in [4.69, 9.17) is 0 Å². The summed E-state index contributed by atoms with van der Waals surface area (Å²) in [6.07, 6.45) is -0.121. The summed E-state index contributed by atoms with van der Waals surface area (Å²) in [6.45, 7) is 2.38. The number of amides is 1. The summed E-state index contributed by atoms with van der Waals surface area (Å²) < 4.78 is 26.1. The molecule has 0 saturated carbocycles. The van der Waals surface area contributed by atoms with Crippen molar-refractivity contribution in [2.75, 3.05) is 19.6 Å². The zero-order chi connectivity index (χ0) is 12.3. The maximum Gasteiger partial charge on any atom is 0.224 e. The predicted molar refractivity (Wildman–Crippen MR) is 66.7 cm³/mol. The summed E-state index contributed by atoms with van der Waals surface area (Å²) in [4.78, 5) is 11.5. The zero-order valence-corrected chi connectivity index (χ0v) is 10.5. The summed E-state index contributed by atoms with van der Waals surface area (Å²) in [5.41, 5.74) is 0.0919. The number of rotatable bonds is 4. The molecule has 100 valence electrons. The van der Waals surface area contributed by atoms with Gasteiger partial charge in [-0.2, -0.15) is 0 Å². The van der Waals surface area contributed by atoms with Gasteiger partial charge < -0.3 is 10.6 Å². The molecule has 2 N–H and O–H groups in total. The van der Waals surface area contributed by atoms with E-state index in [9.17, 15) is 13.6 Å². The second-order valence-corrected chi connectivity index (χ2v) is 4.24. The minimum Gasteiger partial charge on any atom is -0.355 e. The average molecular weight is 277 g/mol. The molecule has 0 bridgehead atoms. The molecule has 3 nitrogen and oxygen atoms in total. The summed E-state index contributed by atoms with van der Waals surface area (Å²) in [6, 6.07) is 3.13. The van der Waals surface area contributed by atoms with Crippen molar-refractivity contribution in [1.29, 1.82) is 0 Å². The van der Waals surface area contributed by atoms with Crippen molar-refractivity contribution in [3.8, 4) is 0 Å². The number of benzene rings is 1. The lowest BCUT2D eigenvalue weighted by atomic mass is 10.0. The van der Waals surface area contributed by atoms with E-state index < -0.39 is 11.6 Å². The fraction of sp³-hybridized carbons (Fsp3) is 0.417. The molecule has 1 aliphatic heterocycles. The Bertz CT molecular complexity index is 425. The van der Waals surface area contributed by atoms with Crippen LogP contribution in [-0.4, -0.2) is 25.5 Å². The lowest BCUT2D eigenvalue weighted by Crippen LogP contribution is -2.48. The van der Waals surface area contributed by atoms with Crippen LogP contribution in [0.3, 0.4) is 0 Å². The fourth-order valence-electron chi connectivity index (χ4n) is 1.67. The summed E-state index contributed by atoms with van der Waals surface area (Å²) >= 11 is 0. The van der Waals surface area contributed by atoms with E-state index in [0.29, 0.717) is 12.5 Å². The highest BCUT2D eigenvalue weighted by Crippen LogP contribution is 2.10. The molecule has 0 unspecified atom stereocenters. The molecule has 1 aliphatic rings. The molecule has 1 aromatic rings. The Morgan fingerprint density at radius 3 is 2.72 bits per heavy atom. The minimum atomic E-state index is -0.549. The van der Waals surface area contributed by atoms with Gasteiger partial charge in [0.25, 0.3) is 0 Å². The summed E-state index contributed by atoms with van der Waals surface area (Å²) in [5, 5.41) is 5.80. The molecule has 1 heterocycles. The van der Waals surface area contributed by atoms with Crippen molar-refractivity contribution >= 4 is 18.3 Å². The Kier molecular flexibility index (Phi) is 5.50. The molecular weight excluding hydrogens is 262 g/mol. The first kappa shape index (κ1) is 14.9. The second-order valence-electron chi connectivity index (χ2n) is 4.24. The highest BCUT2D eigenvalue weighted by Gasteiger charge is 2.17. The van der Waals surface area contributed by atoms with E-state index in [1.165, 1.54) is 0 Å². The molecule has 0 radical (unpaired) electrons. The second kappa shape index (κ2) is 6.66. The van der Waals surface area contributed by atoms with Gasteiger partial charge in [0.05, 0.1) is 6.42 Å². The molecule has 1 fully saturated rings. The molecule has 0 atom stereocenters. The average Bonchev–Trinajstić information content (AvgIpc) is 2.21. The van der Waals surface area contributed by atoms with Crippen LogP contribution in [0.25, 0.3) is 0 Å². The summed E-state index contributed by atoms with van der Waals surface area (Å²) in [5.74, 6) is -0.901. The first-order valence-electron chi connectivity index (χ1n) is 5.56. The van der Waals surface area contributed by atoms with Crippen LogP contribution in [0, 0.1) is 17.6 Å². The Balaban J connectivity index is 0.00000162. The van der Waals surface area contributed by atoms with E-state index in [1.54, 1.807) is 0 Å². The largest absolute Gasteiger partial charge is 0.355 e. The van der Waals surface area contributed by atoms with E-state index in [1.807, 2.05) is 0 Å². The fourth-order valence-corrected chi connectivity index (χ4v) is 1.67. The normalized spacial score (nSPS) is 14.6. The number of halogens is 3. The monoisotopic (exact) mass is 276 g/mol. The third kappa shape index (κ3) is 3.92. The lowest BCUT2D eigenvalue weighted by Gasteiger charge is -2.27. The molecule has 1 aromatic carbocycles. The topological polar surface area (TPSA) is 41.1 Å². The molecule has 6 heteroatoms. The molecule has 0 spiro atoms. The van der Waals surface area contributed by atoms with E-state index in [2.05, 4.69) is 10.6 Å². The highest BCUT2D eigenvalue weighted by molar-refractivity contribution is 5.85. The Hall–Kier alpha value is -1.20. The lowest BCUT2D eigenvalue weighted by molar-refractivity contribution is -0.120. The van der Waals surface area contributed by atoms with Crippen molar-refractivity contribution < 1.29 is 13.6 Å². The van der Waals surface area contributed by atoms with Crippen molar-refractivity contribution in [2.24, 2.45) is 5.92 Å².